The van der Waals surface area contributed by atoms with Crippen molar-refractivity contribution < 1.29 is 41.0 Å². The molecular weight excluding hydrogens is 486 g/mol. The normalized spacial score (nSPS) is 10.7. The van der Waals surface area contributed by atoms with Crippen molar-refractivity contribution >= 4 is 5.97 Å². The molecule has 0 atom stereocenters. The Morgan fingerprint density at radius 3 is 1.67 bits per heavy atom. The van der Waals surface area contributed by atoms with E-state index in [4.69, 9.17) is 5.11 Å². The van der Waals surface area contributed by atoms with Crippen LogP contribution in [0.15, 0.2) is 12.2 Å². The fraction of sp³-hybridized carbons (Fsp3) is 0.833. The zero-order chi connectivity index (χ0) is 14.9. The standard InChI is InChI=1S/C18H34O2.U/c1-2-3-4-5-6-7-8-9-10-11-12-13-14-15-16-17-18(19)20;/h9-10H,2-8,11-17H2,1H3,(H,19,20);/b10-9-;. The van der Waals surface area contributed by atoms with Gasteiger partial charge in [-0.3, -0.25) is 4.79 Å². The van der Waals surface area contributed by atoms with Gasteiger partial charge >= 0.3 is 5.97 Å². The first-order valence-electron chi connectivity index (χ1n) is 8.64. The summed E-state index contributed by atoms with van der Waals surface area (Å²) in [6.45, 7) is 2.26. The van der Waals surface area contributed by atoms with E-state index in [9.17, 15) is 4.79 Å². The van der Waals surface area contributed by atoms with Gasteiger partial charge in [0.25, 0.3) is 0 Å². The molecule has 21 heavy (non-hydrogen) atoms. The Balaban J connectivity index is 0. The van der Waals surface area contributed by atoms with Crippen LogP contribution in [0.5, 0.6) is 0 Å². The van der Waals surface area contributed by atoms with Crippen LogP contribution in [0.2, 0.25) is 0 Å². The molecule has 0 aromatic rings. The van der Waals surface area contributed by atoms with E-state index in [-0.39, 0.29) is 31.1 Å². The van der Waals surface area contributed by atoms with Crippen molar-refractivity contribution in [2.75, 3.05) is 0 Å². The molecule has 122 valence electrons. The van der Waals surface area contributed by atoms with Crippen LogP contribution in [-0.4, -0.2) is 11.1 Å². The van der Waals surface area contributed by atoms with E-state index in [1.807, 2.05) is 0 Å². The molecule has 1 N–H and O–H groups in total. The molecule has 0 fully saturated rings. The molecule has 0 rings (SSSR count). The summed E-state index contributed by atoms with van der Waals surface area (Å²) < 4.78 is 0. The van der Waals surface area contributed by atoms with Gasteiger partial charge in [0.05, 0.1) is 0 Å². The van der Waals surface area contributed by atoms with E-state index in [1.54, 1.807) is 0 Å². The summed E-state index contributed by atoms with van der Waals surface area (Å²) in [5.41, 5.74) is 0. The van der Waals surface area contributed by atoms with Gasteiger partial charge in [-0.1, -0.05) is 70.4 Å². The minimum absolute atomic E-state index is 0. The molecule has 0 spiro atoms. The molecule has 0 aliphatic carbocycles. The number of carbonyl (C=O) groups is 1. The molecular formula is C18H34O2U. The average molecular weight is 520 g/mol. The third-order valence-corrected chi connectivity index (χ3v) is 3.65. The summed E-state index contributed by atoms with van der Waals surface area (Å²) in [4.78, 5) is 10.3. The van der Waals surface area contributed by atoms with E-state index < -0.39 is 5.97 Å². The van der Waals surface area contributed by atoms with Crippen molar-refractivity contribution in [2.24, 2.45) is 0 Å². The predicted octanol–water partition coefficient (Wildman–Crippen LogP) is 6.11. The molecule has 0 aliphatic heterocycles. The van der Waals surface area contributed by atoms with Crippen LogP contribution in [0.4, 0.5) is 0 Å². The van der Waals surface area contributed by atoms with Gasteiger partial charge in [0.15, 0.2) is 0 Å². The fourth-order valence-electron chi connectivity index (χ4n) is 2.35. The molecule has 0 saturated heterocycles. The van der Waals surface area contributed by atoms with Crippen LogP contribution in [0, 0.1) is 31.1 Å². The van der Waals surface area contributed by atoms with Gasteiger partial charge in [0, 0.05) is 37.5 Å². The second-order valence-corrected chi connectivity index (χ2v) is 5.73. The number of rotatable bonds is 15. The Kier molecular flexibility index (Phi) is 22.7. The molecule has 0 heterocycles. The zero-order valence-corrected chi connectivity index (χ0v) is 18.1. The van der Waals surface area contributed by atoms with Crippen LogP contribution < -0.4 is 0 Å². The molecule has 0 aromatic heterocycles. The van der Waals surface area contributed by atoms with Crippen molar-refractivity contribution in [3.63, 3.8) is 0 Å². The molecule has 0 aliphatic rings. The number of carboxylic acid groups (broad SMARTS) is 1. The summed E-state index contributed by atoms with van der Waals surface area (Å²) in [7, 11) is 0. The maximum atomic E-state index is 10.3. The third kappa shape index (κ3) is 22.7. The smallest absolute Gasteiger partial charge is 0.303 e. The van der Waals surface area contributed by atoms with Crippen molar-refractivity contribution in [1.82, 2.24) is 0 Å². The summed E-state index contributed by atoms with van der Waals surface area (Å²) >= 11 is 0. The molecule has 0 radical (unpaired) electrons. The Morgan fingerprint density at radius 2 is 1.19 bits per heavy atom. The van der Waals surface area contributed by atoms with Crippen molar-refractivity contribution in [3.8, 4) is 0 Å². The maximum Gasteiger partial charge on any atom is 0.303 e. The summed E-state index contributed by atoms with van der Waals surface area (Å²) in [6, 6.07) is 0. The van der Waals surface area contributed by atoms with Crippen LogP contribution in [0.1, 0.15) is 96.8 Å². The molecule has 2 nitrogen and oxygen atoms in total. The fourth-order valence-corrected chi connectivity index (χ4v) is 2.35. The average Bonchev–Trinajstić information content (AvgIpc) is 2.43. The third-order valence-electron chi connectivity index (χ3n) is 3.65. The molecule has 0 aromatic carbocycles. The maximum absolute atomic E-state index is 10.3. The van der Waals surface area contributed by atoms with Gasteiger partial charge in [-0.05, 0) is 32.1 Å². The molecule has 0 unspecified atom stereocenters. The van der Waals surface area contributed by atoms with Crippen molar-refractivity contribution in [3.05, 3.63) is 12.2 Å². The van der Waals surface area contributed by atoms with Crippen molar-refractivity contribution in [2.45, 2.75) is 96.8 Å². The van der Waals surface area contributed by atoms with Gasteiger partial charge in [-0.25, -0.2) is 0 Å². The first-order chi connectivity index (χ1) is 9.77. The first-order valence-corrected chi connectivity index (χ1v) is 8.64. The van der Waals surface area contributed by atoms with E-state index in [0.717, 1.165) is 12.8 Å². The topological polar surface area (TPSA) is 37.3 Å². The zero-order valence-electron chi connectivity index (χ0n) is 13.9. The number of carboxylic acids is 1. The Hall–Kier alpha value is 0.262. The van der Waals surface area contributed by atoms with Gasteiger partial charge in [-0.2, -0.15) is 0 Å². The Bertz CT molecular complexity index is 239. The molecule has 0 bridgehead atoms. The molecule has 3 heteroatoms. The second kappa shape index (κ2) is 20.3. The second-order valence-electron chi connectivity index (χ2n) is 5.73. The monoisotopic (exact) mass is 520 g/mol. The number of unbranched alkanes of at least 4 members (excludes halogenated alkanes) is 11. The first kappa shape index (κ1) is 23.5. The molecule has 0 saturated carbocycles. The van der Waals surface area contributed by atoms with Crippen LogP contribution in [0.3, 0.4) is 0 Å². The minimum Gasteiger partial charge on any atom is -0.481 e. The van der Waals surface area contributed by atoms with E-state index in [2.05, 4.69) is 19.1 Å². The largest absolute Gasteiger partial charge is 0.481 e. The van der Waals surface area contributed by atoms with E-state index in [0.29, 0.717) is 6.42 Å². The Morgan fingerprint density at radius 1 is 0.762 bits per heavy atom. The minimum atomic E-state index is -0.664. The SMILES string of the molecule is CCCCCCCC/C=C\CCCCCCCC(=O)O.[U]. The number of hydrogen-bond acceptors (Lipinski definition) is 1. The predicted molar refractivity (Wildman–Crippen MR) is 87.1 cm³/mol. The van der Waals surface area contributed by atoms with E-state index >= 15 is 0 Å². The van der Waals surface area contributed by atoms with Gasteiger partial charge in [0.2, 0.25) is 0 Å². The number of hydrogen-bond donors (Lipinski definition) is 1. The van der Waals surface area contributed by atoms with Gasteiger partial charge in [0.1, 0.15) is 0 Å². The summed E-state index contributed by atoms with van der Waals surface area (Å²) in [6.07, 6.45) is 21.2. The van der Waals surface area contributed by atoms with Gasteiger partial charge in [-0.15, -0.1) is 0 Å². The Labute approximate surface area is 155 Å². The van der Waals surface area contributed by atoms with E-state index in [1.165, 1.54) is 70.6 Å². The number of allylic oxidation sites excluding steroid dienone is 2. The van der Waals surface area contributed by atoms with Crippen LogP contribution >= 0.6 is 0 Å². The van der Waals surface area contributed by atoms with Gasteiger partial charge < -0.3 is 5.11 Å². The van der Waals surface area contributed by atoms with Crippen LogP contribution in [-0.2, 0) is 4.79 Å². The quantitative estimate of drug-likeness (QED) is 0.209. The molecule has 0 amide bonds. The summed E-state index contributed by atoms with van der Waals surface area (Å²) in [5.74, 6) is -0.664. The summed E-state index contributed by atoms with van der Waals surface area (Å²) in [5, 5.41) is 8.51. The number of aliphatic carboxylic acids is 1. The van der Waals surface area contributed by atoms with Crippen LogP contribution in [0.25, 0.3) is 0 Å². The van der Waals surface area contributed by atoms with Crippen molar-refractivity contribution in [1.29, 1.82) is 0 Å².